The Hall–Kier alpha value is -1.50. The van der Waals surface area contributed by atoms with Crippen LogP contribution in [0.15, 0.2) is 12.1 Å². The molecule has 2 N–H and O–H groups in total. The number of halogens is 4. The zero-order valence-electron chi connectivity index (χ0n) is 7.01. The summed E-state index contributed by atoms with van der Waals surface area (Å²) in [7, 11) is 0. The lowest BCUT2D eigenvalue weighted by Gasteiger charge is -2.09. The number of aromatic nitrogens is 1. The maximum Gasteiger partial charge on any atom is 0.574 e. The van der Waals surface area contributed by atoms with Crippen molar-refractivity contribution >= 4 is 22.5 Å². The van der Waals surface area contributed by atoms with Crippen LogP contribution in [0.2, 0.25) is 0 Å². The number of carbonyl (C=O) groups excluding carboxylic acids is 1. The fourth-order valence-electron chi connectivity index (χ4n) is 0.752. The monoisotopic (exact) mass is 240 g/mol. The van der Waals surface area contributed by atoms with Crippen LogP contribution >= 0.6 is 11.6 Å². The van der Waals surface area contributed by atoms with Crippen LogP contribution in [-0.2, 0) is 0 Å². The fraction of sp³-hybridized carbons (Fsp3) is 0.143. The van der Waals surface area contributed by atoms with Gasteiger partial charge in [-0.05, 0) is 23.7 Å². The van der Waals surface area contributed by atoms with E-state index in [1.54, 1.807) is 0 Å². The molecule has 0 spiro atoms. The summed E-state index contributed by atoms with van der Waals surface area (Å²) in [5, 5.41) is -0.998. The summed E-state index contributed by atoms with van der Waals surface area (Å²) >= 11 is 5.02. The smallest absolute Gasteiger partial charge is 0.394 e. The molecule has 0 bridgehead atoms. The molecule has 0 aliphatic rings. The van der Waals surface area contributed by atoms with Crippen molar-refractivity contribution < 1.29 is 22.7 Å². The molecule has 8 heteroatoms. The second-order valence-corrected chi connectivity index (χ2v) is 2.76. The van der Waals surface area contributed by atoms with Gasteiger partial charge in [-0.1, -0.05) is 0 Å². The van der Waals surface area contributed by atoms with Gasteiger partial charge in [0, 0.05) is 0 Å². The molecular formula is C7H4ClF3N2O2. The molecule has 4 nitrogen and oxygen atoms in total. The molecule has 0 amide bonds. The number of nitrogen functional groups attached to an aromatic ring is 1. The lowest BCUT2D eigenvalue weighted by Crippen LogP contribution is -2.19. The third kappa shape index (κ3) is 3.28. The van der Waals surface area contributed by atoms with Crippen LogP contribution in [0.5, 0.6) is 5.88 Å². The Morgan fingerprint density at radius 1 is 1.47 bits per heavy atom. The number of ether oxygens (including phenoxy) is 1. The SMILES string of the molecule is Nc1ccc(C(=O)Cl)nc1OC(F)(F)F. The standard InChI is InChI=1S/C7H4ClF3N2O2/c8-5(14)4-2-1-3(12)6(13-4)15-7(9,10)11/h1-2H,12H2. The Kier molecular flexibility index (Phi) is 3.04. The van der Waals surface area contributed by atoms with Crippen LogP contribution in [-0.4, -0.2) is 16.6 Å². The van der Waals surface area contributed by atoms with Gasteiger partial charge in [-0.15, -0.1) is 13.2 Å². The second-order valence-electron chi connectivity index (χ2n) is 2.41. The van der Waals surface area contributed by atoms with Crippen molar-refractivity contribution in [1.29, 1.82) is 0 Å². The van der Waals surface area contributed by atoms with Gasteiger partial charge in [0.05, 0.1) is 5.69 Å². The van der Waals surface area contributed by atoms with Gasteiger partial charge in [0.1, 0.15) is 5.69 Å². The molecule has 0 saturated carbocycles. The van der Waals surface area contributed by atoms with Crippen LogP contribution in [0, 0.1) is 0 Å². The van der Waals surface area contributed by atoms with E-state index in [0.717, 1.165) is 12.1 Å². The summed E-state index contributed by atoms with van der Waals surface area (Å²) < 4.78 is 38.9. The topological polar surface area (TPSA) is 65.2 Å². The summed E-state index contributed by atoms with van der Waals surface area (Å²) in [5.41, 5.74) is 4.45. The van der Waals surface area contributed by atoms with Crippen LogP contribution in [0.4, 0.5) is 18.9 Å². The van der Waals surface area contributed by atoms with Gasteiger partial charge in [0.25, 0.3) is 5.24 Å². The summed E-state index contributed by atoms with van der Waals surface area (Å²) in [6.45, 7) is 0. The highest BCUT2D eigenvalue weighted by atomic mass is 35.5. The van der Waals surface area contributed by atoms with E-state index in [0.29, 0.717) is 0 Å². The maximum absolute atomic E-state index is 11.8. The van der Waals surface area contributed by atoms with E-state index in [1.165, 1.54) is 0 Å². The summed E-state index contributed by atoms with van der Waals surface area (Å²) in [6.07, 6.45) is -4.92. The number of carbonyl (C=O) groups is 1. The number of hydrogen-bond donors (Lipinski definition) is 1. The van der Waals surface area contributed by atoms with E-state index in [9.17, 15) is 18.0 Å². The molecule has 0 radical (unpaired) electrons. The first-order valence-corrected chi connectivity index (χ1v) is 3.89. The summed E-state index contributed by atoms with van der Waals surface area (Å²) in [5.74, 6) is -0.894. The van der Waals surface area contributed by atoms with Gasteiger partial charge in [0.2, 0.25) is 5.88 Å². The highest BCUT2D eigenvalue weighted by Gasteiger charge is 2.33. The molecule has 0 unspecified atom stereocenters. The average molecular weight is 241 g/mol. The Balaban J connectivity index is 3.06. The lowest BCUT2D eigenvalue weighted by molar-refractivity contribution is -0.275. The molecule has 0 aliphatic carbocycles. The van der Waals surface area contributed by atoms with Crippen molar-refractivity contribution in [3.63, 3.8) is 0 Å². The van der Waals surface area contributed by atoms with Gasteiger partial charge in [0.15, 0.2) is 0 Å². The molecular weight excluding hydrogens is 237 g/mol. The van der Waals surface area contributed by atoms with E-state index in [1.807, 2.05) is 0 Å². The van der Waals surface area contributed by atoms with Gasteiger partial charge in [-0.2, -0.15) is 0 Å². The molecule has 0 fully saturated rings. The molecule has 15 heavy (non-hydrogen) atoms. The molecule has 0 aromatic carbocycles. The minimum Gasteiger partial charge on any atom is -0.394 e. The Bertz CT molecular complexity index is 394. The van der Waals surface area contributed by atoms with Crippen molar-refractivity contribution in [1.82, 2.24) is 4.98 Å². The third-order valence-electron chi connectivity index (χ3n) is 1.30. The zero-order valence-corrected chi connectivity index (χ0v) is 7.76. The first-order chi connectivity index (χ1) is 6.79. The second kappa shape index (κ2) is 3.93. The minimum absolute atomic E-state index is 0.339. The van der Waals surface area contributed by atoms with E-state index in [2.05, 4.69) is 9.72 Å². The lowest BCUT2D eigenvalue weighted by atomic mass is 10.3. The number of rotatable bonds is 2. The van der Waals surface area contributed by atoms with Crippen molar-refractivity contribution in [3.8, 4) is 5.88 Å². The molecule has 1 aromatic rings. The molecule has 0 saturated heterocycles. The Labute approximate surface area is 86.8 Å². The number of alkyl halides is 3. The van der Waals surface area contributed by atoms with Crippen molar-refractivity contribution in [2.45, 2.75) is 6.36 Å². The van der Waals surface area contributed by atoms with E-state index in [4.69, 9.17) is 17.3 Å². The molecule has 1 aromatic heterocycles. The predicted molar refractivity (Wildman–Crippen MR) is 45.5 cm³/mol. The van der Waals surface area contributed by atoms with Gasteiger partial charge < -0.3 is 10.5 Å². The van der Waals surface area contributed by atoms with Gasteiger partial charge in [-0.3, -0.25) is 4.79 Å². The molecule has 0 atom stereocenters. The van der Waals surface area contributed by atoms with E-state index < -0.39 is 17.5 Å². The average Bonchev–Trinajstić information content (AvgIpc) is 2.06. The maximum atomic E-state index is 11.8. The van der Waals surface area contributed by atoms with Crippen LogP contribution < -0.4 is 10.5 Å². The fourth-order valence-corrected chi connectivity index (χ4v) is 0.857. The van der Waals surface area contributed by atoms with Crippen LogP contribution in [0.3, 0.4) is 0 Å². The number of pyridine rings is 1. The highest BCUT2D eigenvalue weighted by molar-refractivity contribution is 6.67. The number of anilines is 1. The predicted octanol–water partition coefficient (Wildman–Crippen LogP) is 1.94. The van der Waals surface area contributed by atoms with Crippen molar-refractivity contribution in [2.24, 2.45) is 0 Å². The molecule has 0 aliphatic heterocycles. The normalized spacial score (nSPS) is 11.2. The quantitative estimate of drug-likeness (QED) is 0.803. The number of nitrogens with two attached hydrogens (primary N) is 1. The van der Waals surface area contributed by atoms with Gasteiger partial charge >= 0.3 is 6.36 Å². The van der Waals surface area contributed by atoms with E-state index >= 15 is 0 Å². The van der Waals surface area contributed by atoms with E-state index in [-0.39, 0.29) is 11.4 Å². The summed E-state index contributed by atoms with van der Waals surface area (Å²) in [6, 6.07) is 2.14. The largest absolute Gasteiger partial charge is 0.574 e. The minimum atomic E-state index is -4.92. The Morgan fingerprint density at radius 3 is 2.53 bits per heavy atom. The van der Waals surface area contributed by atoms with Crippen molar-refractivity contribution in [2.75, 3.05) is 5.73 Å². The first-order valence-electron chi connectivity index (χ1n) is 3.51. The number of hydrogen-bond acceptors (Lipinski definition) is 4. The number of nitrogens with zero attached hydrogens (tertiary/aromatic N) is 1. The van der Waals surface area contributed by atoms with Crippen LogP contribution in [0.25, 0.3) is 0 Å². The molecule has 1 heterocycles. The van der Waals surface area contributed by atoms with Crippen LogP contribution in [0.1, 0.15) is 10.5 Å². The highest BCUT2D eigenvalue weighted by Crippen LogP contribution is 2.26. The summed E-state index contributed by atoms with van der Waals surface area (Å²) in [4.78, 5) is 13.8. The van der Waals surface area contributed by atoms with Gasteiger partial charge in [-0.25, -0.2) is 4.98 Å². The van der Waals surface area contributed by atoms with Crippen molar-refractivity contribution in [3.05, 3.63) is 17.8 Å². The molecule has 82 valence electrons. The molecule has 1 rings (SSSR count). The third-order valence-corrected chi connectivity index (χ3v) is 1.50. The zero-order chi connectivity index (χ0) is 11.6. The first kappa shape index (κ1) is 11.6. The Morgan fingerprint density at radius 2 is 2.07 bits per heavy atom.